The summed E-state index contributed by atoms with van der Waals surface area (Å²) in [6.07, 6.45) is 0. The lowest BCUT2D eigenvalue weighted by molar-refractivity contribution is 0.0953. The smallest absolute Gasteiger partial charge is 0.265 e. The van der Waals surface area contributed by atoms with Gasteiger partial charge in [0, 0.05) is 5.56 Å². The van der Waals surface area contributed by atoms with Gasteiger partial charge in [0.1, 0.15) is 10.3 Å². The molecule has 1 amide bonds. The van der Waals surface area contributed by atoms with Gasteiger partial charge in [-0.25, -0.2) is 10.8 Å². The van der Waals surface area contributed by atoms with Crippen LogP contribution in [0.5, 0.6) is 0 Å². The first-order valence-corrected chi connectivity index (χ1v) is 3.73. The van der Waals surface area contributed by atoms with E-state index >= 15 is 0 Å². The monoisotopic (exact) mass is 205 g/mol. The van der Waals surface area contributed by atoms with Gasteiger partial charge in [-0.1, -0.05) is 23.2 Å². The topological polar surface area (TPSA) is 68.0 Å². The molecule has 0 spiro atoms. The first kappa shape index (κ1) is 9.25. The highest BCUT2D eigenvalue weighted by Gasteiger charge is 2.05. The molecule has 12 heavy (non-hydrogen) atoms. The quantitative estimate of drug-likeness (QED) is 0.311. The Morgan fingerprint density at radius 2 is 1.92 bits per heavy atom. The molecular formula is C6H5Cl2N3O. The lowest BCUT2D eigenvalue weighted by atomic mass is 10.2. The highest BCUT2D eigenvalue weighted by molar-refractivity contribution is 6.33. The van der Waals surface area contributed by atoms with E-state index < -0.39 is 5.91 Å². The van der Waals surface area contributed by atoms with Gasteiger partial charge in [-0.3, -0.25) is 10.2 Å². The number of pyridine rings is 1. The van der Waals surface area contributed by atoms with Crippen LogP contribution in [-0.2, 0) is 0 Å². The molecule has 0 atom stereocenters. The van der Waals surface area contributed by atoms with E-state index in [4.69, 9.17) is 29.0 Å². The Morgan fingerprint density at radius 1 is 1.42 bits per heavy atom. The highest BCUT2D eigenvalue weighted by atomic mass is 35.5. The van der Waals surface area contributed by atoms with Crippen molar-refractivity contribution in [2.24, 2.45) is 5.84 Å². The van der Waals surface area contributed by atoms with Crippen LogP contribution in [-0.4, -0.2) is 10.9 Å². The van der Waals surface area contributed by atoms with Crippen LogP contribution >= 0.6 is 23.2 Å². The number of nitrogens with zero attached hydrogens (tertiary/aromatic N) is 1. The fraction of sp³-hybridized carbons (Fsp3) is 0. The largest absolute Gasteiger partial charge is 0.290 e. The number of hydrogen-bond acceptors (Lipinski definition) is 3. The molecule has 0 aliphatic heterocycles. The number of amides is 1. The van der Waals surface area contributed by atoms with Crippen molar-refractivity contribution in [2.45, 2.75) is 0 Å². The van der Waals surface area contributed by atoms with Crippen molar-refractivity contribution in [3.63, 3.8) is 0 Å². The van der Waals surface area contributed by atoms with Crippen molar-refractivity contribution in [3.8, 4) is 0 Å². The molecule has 0 saturated heterocycles. The fourth-order valence-electron chi connectivity index (χ4n) is 0.679. The molecule has 1 aromatic rings. The Hall–Kier alpha value is -0.840. The third-order valence-electron chi connectivity index (χ3n) is 1.16. The van der Waals surface area contributed by atoms with Gasteiger partial charge >= 0.3 is 0 Å². The first-order chi connectivity index (χ1) is 5.63. The van der Waals surface area contributed by atoms with Gasteiger partial charge in [-0.05, 0) is 12.1 Å². The first-order valence-electron chi connectivity index (χ1n) is 2.97. The second kappa shape index (κ2) is 3.71. The summed E-state index contributed by atoms with van der Waals surface area (Å²) in [5.41, 5.74) is 2.23. The molecule has 0 bridgehead atoms. The SMILES string of the molecule is NNC(=O)c1cc(Cl)nc(Cl)c1. The van der Waals surface area contributed by atoms with E-state index in [-0.39, 0.29) is 15.9 Å². The van der Waals surface area contributed by atoms with Gasteiger partial charge in [0.2, 0.25) is 0 Å². The van der Waals surface area contributed by atoms with Crippen LogP contribution in [0.3, 0.4) is 0 Å². The molecule has 0 unspecified atom stereocenters. The van der Waals surface area contributed by atoms with Crippen molar-refractivity contribution in [2.75, 3.05) is 0 Å². The molecule has 0 aliphatic carbocycles. The second-order valence-electron chi connectivity index (χ2n) is 1.97. The summed E-state index contributed by atoms with van der Waals surface area (Å²) in [4.78, 5) is 14.6. The molecule has 3 N–H and O–H groups in total. The van der Waals surface area contributed by atoms with E-state index in [1.807, 2.05) is 5.43 Å². The minimum Gasteiger partial charge on any atom is -0.290 e. The zero-order valence-electron chi connectivity index (χ0n) is 5.84. The summed E-state index contributed by atoms with van der Waals surface area (Å²) in [5, 5.41) is 0.308. The van der Waals surface area contributed by atoms with E-state index in [2.05, 4.69) is 4.98 Å². The van der Waals surface area contributed by atoms with E-state index in [1.54, 1.807) is 0 Å². The summed E-state index contributed by atoms with van der Waals surface area (Å²) in [5.74, 6) is 4.44. The Balaban J connectivity index is 3.08. The van der Waals surface area contributed by atoms with E-state index in [1.165, 1.54) is 12.1 Å². The average molecular weight is 206 g/mol. The normalized spacial score (nSPS) is 9.58. The van der Waals surface area contributed by atoms with Crippen LogP contribution in [0.25, 0.3) is 0 Å². The standard InChI is InChI=1S/C6H5Cl2N3O/c7-4-1-3(6(12)11-9)2-5(8)10-4/h1-2H,9H2,(H,11,12). The predicted molar refractivity (Wildman–Crippen MR) is 45.9 cm³/mol. The van der Waals surface area contributed by atoms with Gasteiger partial charge < -0.3 is 0 Å². The summed E-state index contributed by atoms with van der Waals surface area (Å²) >= 11 is 11.1. The summed E-state index contributed by atoms with van der Waals surface area (Å²) in [6, 6.07) is 2.74. The van der Waals surface area contributed by atoms with Crippen LogP contribution in [0, 0.1) is 0 Å². The van der Waals surface area contributed by atoms with Crippen LogP contribution in [0.15, 0.2) is 12.1 Å². The molecule has 0 fully saturated rings. The Bertz CT molecular complexity index is 295. The van der Waals surface area contributed by atoms with Crippen LogP contribution in [0.4, 0.5) is 0 Å². The van der Waals surface area contributed by atoms with Crippen LogP contribution in [0.1, 0.15) is 10.4 Å². The van der Waals surface area contributed by atoms with Crippen molar-refractivity contribution in [1.29, 1.82) is 0 Å². The predicted octanol–water partition coefficient (Wildman–Crippen LogP) is 0.992. The van der Waals surface area contributed by atoms with E-state index in [9.17, 15) is 4.79 Å². The lowest BCUT2D eigenvalue weighted by Crippen LogP contribution is -2.29. The van der Waals surface area contributed by atoms with Crippen LogP contribution in [0.2, 0.25) is 10.3 Å². The number of hydrazine groups is 1. The van der Waals surface area contributed by atoms with E-state index in [0.717, 1.165) is 0 Å². The second-order valence-corrected chi connectivity index (χ2v) is 2.75. The Labute approximate surface area is 78.6 Å². The average Bonchev–Trinajstić information content (AvgIpc) is 2.01. The molecule has 0 aliphatic rings. The minimum atomic E-state index is -0.457. The number of aromatic nitrogens is 1. The molecule has 1 heterocycles. The maximum Gasteiger partial charge on any atom is 0.265 e. The van der Waals surface area contributed by atoms with Crippen molar-refractivity contribution < 1.29 is 4.79 Å². The number of rotatable bonds is 1. The zero-order chi connectivity index (χ0) is 9.14. The maximum atomic E-state index is 10.9. The van der Waals surface area contributed by atoms with Gasteiger partial charge in [-0.15, -0.1) is 0 Å². The van der Waals surface area contributed by atoms with Gasteiger partial charge in [0.25, 0.3) is 5.91 Å². The van der Waals surface area contributed by atoms with Crippen molar-refractivity contribution in [3.05, 3.63) is 28.0 Å². The van der Waals surface area contributed by atoms with Crippen LogP contribution < -0.4 is 11.3 Å². The Kier molecular flexibility index (Phi) is 2.86. The van der Waals surface area contributed by atoms with Crippen molar-refractivity contribution >= 4 is 29.1 Å². The number of nitrogens with one attached hydrogen (secondary N) is 1. The molecule has 0 aromatic carbocycles. The van der Waals surface area contributed by atoms with Crippen molar-refractivity contribution in [1.82, 2.24) is 10.4 Å². The third kappa shape index (κ3) is 2.07. The molecule has 6 heteroatoms. The number of nitrogen functional groups attached to an aromatic ring is 1. The number of carbonyl (C=O) groups excluding carboxylic acids is 1. The molecule has 64 valence electrons. The molecule has 0 saturated carbocycles. The summed E-state index contributed by atoms with van der Waals surface area (Å²) in [7, 11) is 0. The molecule has 0 radical (unpaired) electrons. The van der Waals surface area contributed by atoms with Gasteiger partial charge in [-0.2, -0.15) is 0 Å². The Morgan fingerprint density at radius 3 is 2.33 bits per heavy atom. The summed E-state index contributed by atoms with van der Waals surface area (Å²) in [6.45, 7) is 0. The fourth-order valence-corrected chi connectivity index (χ4v) is 1.14. The molecule has 4 nitrogen and oxygen atoms in total. The van der Waals surface area contributed by atoms with Gasteiger partial charge in [0.05, 0.1) is 0 Å². The maximum absolute atomic E-state index is 10.9. The zero-order valence-corrected chi connectivity index (χ0v) is 7.36. The number of carbonyl (C=O) groups is 1. The number of hydrogen-bond donors (Lipinski definition) is 2. The highest BCUT2D eigenvalue weighted by Crippen LogP contribution is 2.13. The number of nitrogens with two attached hydrogens (primary N) is 1. The van der Waals surface area contributed by atoms with Gasteiger partial charge in [0.15, 0.2) is 0 Å². The lowest BCUT2D eigenvalue weighted by Gasteiger charge is -1.99. The van der Waals surface area contributed by atoms with E-state index in [0.29, 0.717) is 0 Å². The minimum absolute atomic E-state index is 0.154. The number of halogens is 2. The molecular weight excluding hydrogens is 201 g/mol. The summed E-state index contributed by atoms with van der Waals surface area (Å²) < 4.78 is 0. The molecule has 1 aromatic heterocycles. The molecule has 1 rings (SSSR count). The third-order valence-corrected chi connectivity index (χ3v) is 1.54.